The van der Waals surface area contributed by atoms with E-state index in [4.69, 9.17) is 0 Å². The van der Waals surface area contributed by atoms with Gasteiger partial charge in [-0.05, 0) is 87.1 Å². The van der Waals surface area contributed by atoms with Crippen molar-refractivity contribution in [2.45, 2.75) is 89.7 Å². The number of anilines is 1. The molecular formula is C34H42FN3O4S. The van der Waals surface area contributed by atoms with Gasteiger partial charge in [-0.3, -0.25) is 13.9 Å². The van der Waals surface area contributed by atoms with Gasteiger partial charge in [0.15, 0.2) is 0 Å². The first kappa shape index (κ1) is 32.2. The van der Waals surface area contributed by atoms with E-state index in [0.29, 0.717) is 17.7 Å². The van der Waals surface area contributed by atoms with E-state index < -0.39 is 34.3 Å². The maximum atomic E-state index is 14.3. The number of halogens is 1. The molecule has 3 aromatic carbocycles. The molecule has 3 aromatic rings. The average molecular weight is 608 g/mol. The first-order valence-corrected chi connectivity index (χ1v) is 16.4. The average Bonchev–Trinajstić information content (AvgIpc) is 2.99. The molecule has 4 rings (SSSR count). The fourth-order valence-electron chi connectivity index (χ4n) is 5.61. The Labute approximate surface area is 255 Å². The molecule has 1 fully saturated rings. The highest BCUT2D eigenvalue weighted by atomic mass is 32.2. The van der Waals surface area contributed by atoms with Crippen molar-refractivity contribution < 1.29 is 22.4 Å². The van der Waals surface area contributed by atoms with E-state index in [2.05, 4.69) is 5.32 Å². The van der Waals surface area contributed by atoms with Crippen molar-refractivity contribution in [3.63, 3.8) is 0 Å². The summed E-state index contributed by atoms with van der Waals surface area (Å²) in [6.07, 6.45) is 5.35. The molecule has 2 amide bonds. The highest BCUT2D eigenvalue weighted by Crippen LogP contribution is 2.29. The first-order chi connectivity index (χ1) is 20.5. The normalized spacial score (nSPS) is 14.6. The molecule has 43 heavy (non-hydrogen) atoms. The molecule has 1 aliphatic carbocycles. The van der Waals surface area contributed by atoms with Gasteiger partial charge in [0.25, 0.3) is 10.0 Å². The Morgan fingerprint density at radius 2 is 1.58 bits per heavy atom. The van der Waals surface area contributed by atoms with Crippen molar-refractivity contribution >= 4 is 27.5 Å². The Hall–Kier alpha value is -3.72. The number of benzene rings is 3. The summed E-state index contributed by atoms with van der Waals surface area (Å²) in [5, 5.41) is 3.14. The summed E-state index contributed by atoms with van der Waals surface area (Å²) in [5.74, 6) is -1.19. The van der Waals surface area contributed by atoms with Gasteiger partial charge in [-0.15, -0.1) is 0 Å². The second-order valence-corrected chi connectivity index (χ2v) is 13.3. The third kappa shape index (κ3) is 7.82. The second kappa shape index (κ2) is 14.2. The number of aryl methyl sites for hydroxylation is 2. The lowest BCUT2D eigenvalue weighted by Crippen LogP contribution is -2.54. The van der Waals surface area contributed by atoms with Gasteiger partial charge < -0.3 is 10.2 Å². The molecule has 1 aliphatic rings. The van der Waals surface area contributed by atoms with Crippen LogP contribution in [-0.2, 0) is 26.2 Å². The molecule has 1 saturated carbocycles. The lowest BCUT2D eigenvalue weighted by molar-refractivity contribution is -0.140. The summed E-state index contributed by atoms with van der Waals surface area (Å²) in [7, 11) is -4.16. The molecule has 9 heteroatoms. The molecule has 0 bridgehead atoms. The van der Waals surface area contributed by atoms with Crippen LogP contribution in [0.1, 0.15) is 67.7 Å². The summed E-state index contributed by atoms with van der Waals surface area (Å²) in [4.78, 5) is 29.4. The van der Waals surface area contributed by atoms with Crippen LogP contribution in [0.3, 0.4) is 0 Å². The van der Waals surface area contributed by atoms with Gasteiger partial charge >= 0.3 is 0 Å². The second-order valence-electron chi connectivity index (χ2n) is 11.5. The fraction of sp³-hybridized carbons (Fsp3) is 0.412. The van der Waals surface area contributed by atoms with Gasteiger partial charge in [0.2, 0.25) is 11.8 Å². The highest BCUT2D eigenvalue weighted by molar-refractivity contribution is 7.92. The Balaban J connectivity index is 1.73. The molecule has 0 spiro atoms. The molecule has 7 nitrogen and oxygen atoms in total. The van der Waals surface area contributed by atoms with Crippen LogP contribution in [0.4, 0.5) is 10.1 Å². The fourth-order valence-corrected chi connectivity index (χ4v) is 7.08. The van der Waals surface area contributed by atoms with Crippen molar-refractivity contribution in [3.05, 3.63) is 94.8 Å². The molecule has 0 heterocycles. The quantitative estimate of drug-likeness (QED) is 0.281. The Morgan fingerprint density at radius 1 is 0.930 bits per heavy atom. The predicted octanol–water partition coefficient (Wildman–Crippen LogP) is 6.20. The smallest absolute Gasteiger partial charge is 0.264 e. The zero-order valence-corrected chi connectivity index (χ0v) is 26.3. The van der Waals surface area contributed by atoms with E-state index in [9.17, 15) is 22.4 Å². The molecule has 0 saturated heterocycles. The van der Waals surface area contributed by atoms with Crippen LogP contribution >= 0.6 is 0 Å². The Morgan fingerprint density at radius 3 is 2.21 bits per heavy atom. The highest BCUT2D eigenvalue weighted by Gasteiger charge is 2.35. The summed E-state index contributed by atoms with van der Waals surface area (Å²) in [5.41, 5.74) is 3.57. The van der Waals surface area contributed by atoms with Gasteiger partial charge in [-0.25, -0.2) is 12.8 Å². The van der Waals surface area contributed by atoms with Crippen molar-refractivity contribution in [2.75, 3.05) is 10.8 Å². The first-order valence-electron chi connectivity index (χ1n) is 15.0. The molecule has 1 atom stereocenters. The summed E-state index contributed by atoms with van der Waals surface area (Å²) in [6.45, 7) is 6.95. The van der Waals surface area contributed by atoms with E-state index in [0.717, 1.165) is 53.1 Å². The topological polar surface area (TPSA) is 86.8 Å². The molecule has 1 N–H and O–H groups in total. The summed E-state index contributed by atoms with van der Waals surface area (Å²) < 4.78 is 43.1. The van der Waals surface area contributed by atoms with E-state index in [-0.39, 0.29) is 23.4 Å². The maximum Gasteiger partial charge on any atom is 0.264 e. The largest absolute Gasteiger partial charge is 0.352 e. The van der Waals surface area contributed by atoms with E-state index >= 15 is 0 Å². The number of sulfonamides is 1. The van der Waals surface area contributed by atoms with Crippen LogP contribution in [0.2, 0.25) is 0 Å². The minimum atomic E-state index is -4.16. The van der Waals surface area contributed by atoms with E-state index in [1.54, 1.807) is 36.4 Å². The van der Waals surface area contributed by atoms with Gasteiger partial charge in [0.1, 0.15) is 18.4 Å². The van der Waals surface area contributed by atoms with Gasteiger partial charge in [0.05, 0.1) is 10.6 Å². The number of nitrogens with one attached hydrogen (secondary N) is 1. The van der Waals surface area contributed by atoms with Crippen molar-refractivity contribution in [1.29, 1.82) is 0 Å². The zero-order valence-electron chi connectivity index (χ0n) is 25.5. The summed E-state index contributed by atoms with van der Waals surface area (Å²) in [6, 6.07) is 16.9. The molecule has 0 aromatic heterocycles. The number of carbonyl (C=O) groups excluding carboxylic acids is 2. The van der Waals surface area contributed by atoms with Crippen LogP contribution in [0.5, 0.6) is 0 Å². The maximum absolute atomic E-state index is 14.3. The van der Waals surface area contributed by atoms with E-state index in [1.165, 1.54) is 29.2 Å². The number of carbonyl (C=O) groups is 2. The van der Waals surface area contributed by atoms with Gasteiger partial charge in [-0.1, -0.05) is 68.1 Å². The number of hydrogen-bond acceptors (Lipinski definition) is 4. The molecule has 230 valence electrons. The minimum Gasteiger partial charge on any atom is -0.352 e. The number of rotatable bonds is 11. The van der Waals surface area contributed by atoms with Crippen molar-refractivity contribution in [1.82, 2.24) is 10.2 Å². The Kier molecular flexibility index (Phi) is 10.6. The third-order valence-corrected chi connectivity index (χ3v) is 10.1. The van der Waals surface area contributed by atoms with E-state index in [1.807, 2.05) is 33.8 Å². The van der Waals surface area contributed by atoms with Gasteiger partial charge in [0, 0.05) is 12.6 Å². The van der Waals surface area contributed by atoms with Crippen LogP contribution in [0.25, 0.3) is 0 Å². The lowest BCUT2D eigenvalue weighted by atomic mass is 9.95. The zero-order chi connectivity index (χ0) is 31.1. The lowest BCUT2D eigenvalue weighted by Gasteiger charge is -2.35. The summed E-state index contributed by atoms with van der Waals surface area (Å²) >= 11 is 0. The van der Waals surface area contributed by atoms with Crippen LogP contribution in [-0.4, -0.2) is 43.8 Å². The standard InChI is InChI=1S/C34H42FN3O4S/c1-5-31(34(40)36-29-11-7-6-8-12-29)37(22-27-16-18-28(35)19-17-27)33(39)23-38(32-13-9-10-25(3)26(32)4)43(41,42)30-20-14-24(2)15-21-30/h9-10,13-21,29,31H,5-8,11-12,22-23H2,1-4H3,(H,36,40)/t31-/m0/s1. The number of nitrogens with zero attached hydrogens (tertiary/aromatic N) is 2. The molecule has 0 unspecified atom stereocenters. The van der Waals surface area contributed by atoms with Crippen molar-refractivity contribution in [2.24, 2.45) is 0 Å². The number of hydrogen-bond donors (Lipinski definition) is 1. The molecular weight excluding hydrogens is 565 g/mol. The molecule has 0 radical (unpaired) electrons. The minimum absolute atomic E-state index is 0.0287. The van der Waals surface area contributed by atoms with Crippen molar-refractivity contribution in [3.8, 4) is 0 Å². The van der Waals surface area contributed by atoms with Crippen LogP contribution < -0.4 is 9.62 Å². The number of amides is 2. The van der Waals surface area contributed by atoms with Crippen LogP contribution in [0, 0.1) is 26.6 Å². The van der Waals surface area contributed by atoms with Crippen LogP contribution in [0.15, 0.2) is 71.6 Å². The predicted molar refractivity (Wildman–Crippen MR) is 168 cm³/mol. The Bertz CT molecular complexity index is 1520. The molecule has 0 aliphatic heterocycles. The third-order valence-electron chi connectivity index (χ3n) is 8.34. The SMILES string of the molecule is CC[C@@H](C(=O)NC1CCCCC1)N(Cc1ccc(F)cc1)C(=O)CN(c1cccc(C)c1C)S(=O)(=O)c1ccc(C)cc1. The van der Waals surface area contributed by atoms with Gasteiger partial charge in [-0.2, -0.15) is 0 Å². The monoisotopic (exact) mass is 607 g/mol.